The van der Waals surface area contributed by atoms with Gasteiger partial charge in [-0.2, -0.15) is 0 Å². The lowest BCUT2D eigenvalue weighted by Gasteiger charge is -2.22. The molecule has 3 rings (SSSR count). The van der Waals surface area contributed by atoms with Gasteiger partial charge in [-0.1, -0.05) is 31.4 Å². The van der Waals surface area contributed by atoms with Gasteiger partial charge in [-0.25, -0.2) is 4.79 Å². The summed E-state index contributed by atoms with van der Waals surface area (Å²) in [6.07, 6.45) is 5.92. The molecule has 1 fully saturated rings. The fourth-order valence-corrected chi connectivity index (χ4v) is 3.63. The van der Waals surface area contributed by atoms with Crippen molar-refractivity contribution in [2.24, 2.45) is 0 Å². The second-order valence-electron chi connectivity index (χ2n) is 7.18. The van der Waals surface area contributed by atoms with Crippen molar-refractivity contribution in [1.29, 1.82) is 0 Å². The first-order chi connectivity index (χ1) is 13.5. The summed E-state index contributed by atoms with van der Waals surface area (Å²) in [6.45, 7) is 0.412. The lowest BCUT2D eigenvalue weighted by atomic mass is 9.95. The summed E-state index contributed by atoms with van der Waals surface area (Å²) in [6, 6.07) is 7.03. The number of fused-ring (bicyclic) bond motifs is 1. The summed E-state index contributed by atoms with van der Waals surface area (Å²) in [5, 5.41) is 6.13. The van der Waals surface area contributed by atoms with Crippen LogP contribution in [0.3, 0.4) is 0 Å². The Morgan fingerprint density at radius 3 is 2.57 bits per heavy atom. The van der Waals surface area contributed by atoms with Crippen molar-refractivity contribution in [3.63, 3.8) is 0 Å². The predicted molar refractivity (Wildman–Crippen MR) is 106 cm³/mol. The number of hydrogen-bond donors (Lipinski definition) is 3. The van der Waals surface area contributed by atoms with Crippen LogP contribution in [0.2, 0.25) is 0 Å². The average molecular weight is 386 g/mol. The smallest absolute Gasteiger partial charge is 0.328 e. The summed E-state index contributed by atoms with van der Waals surface area (Å²) < 4.78 is 1.38. The number of rotatable bonds is 7. The van der Waals surface area contributed by atoms with E-state index in [4.69, 9.17) is 0 Å². The van der Waals surface area contributed by atoms with Crippen molar-refractivity contribution in [3.05, 3.63) is 45.1 Å². The zero-order chi connectivity index (χ0) is 19.9. The molecule has 0 atom stereocenters. The molecule has 0 bridgehead atoms. The fraction of sp³-hybridized carbons (Fsp3) is 0.500. The first-order valence-corrected chi connectivity index (χ1v) is 9.82. The second kappa shape index (κ2) is 9.34. The molecule has 1 heterocycles. The van der Waals surface area contributed by atoms with Crippen LogP contribution in [0.5, 0.6) is 0 Å². The van der Waals surface area contributed by atoms with Crippen LogP contribution in [0, 0.1) is 0 Å². The first kappa shape index (κ1) is 19.9. The number of aryl methyl sites for hydroxylation is 1. The van der Waals surface area contributed by atoms with E-state index in [2.05, 4.69) is 15.6 Å². The Kier molecular flexibility index (Phi) is 6.62. The quantitative estimate of drug-likeness (QED) is 0.660. The van der Waals surface area contributed by atoms with Crippen LogP contribution in [-0.4, -0.2) is 34.0 Å². The van der Waals surface area contributed by atoms with E-state index >= 15 is 0 Å². The number of amides is 2. The van der Waals surface area contributed by atoms with Crippen LogP contribution >= 0.6 is 0 Å². The van der Waals surface area contributed by atoms with E-state index < -0.39 is 11.2 Å². The highest BCUT2D eigenvalue weighted by Gasteiger charge is 2.15. The van der Waals surface area contributed by atoms with Gasteiger partial charge in [0.15, 0.2) is 0 Å². The molecule has 0 unspecified atom stereocenters. The highest BCUT2D eigenvalue weighted by molar-refractivity contribution is 5.80. The molecule has 8 heteroatoms. The van der Waals surface area contributed by atoms with Gasteiger partial charge in [0.05, 0.1) is 10.9 Å². The van der Waals surface area contributed by atoms with Crippen molar-refractivity contribution in [1.82, 2.24) is 20.2 Å². The van der Waals surface area contributed by atoms with Crippen molar-refractivity contribution < 1.29 is 9.59 Å². The topological polar surface area (TPSA) is 113 Å². The normalized spacial score (nSPS) is 14.7. The minimum Gasteiger partial charge on any atom is -0.356 e. The number of H-pyrrole nitrogens is 1. The molecule has 1 saturated carbocycles. The number of carbonyl (C=O) groups excluding carboxylic acids is 2. The van der Waals surface area contributed by atoms with Gasteiger partial charge in [0.1, 0.15) is 0 Å². The number of para-hydroxylation sites is 1. The molecule has 1 aromatic carbocycles. The molecule has 0 spiro atoms. The number of aromatic nitrogens is 2. The Hall–Kier alpha value is -2.90. The van der Waals surface area contributed by atoms with Crippen LogP contribution in [-0.2, 0) is 16.1 Å². The molecule has 0 saturated heterocycles. The molecule has 0 radical (unpaired) electrons. The number of carbonyl (C=O) groups is 2. The molecular weight excluding hydrogens is 360 g/mol. The van der Waals surface area contributed by atoms with E-state index in [1.165, 1.54) is 11.0 Å². The number of aromatic amines is 1. The molecule has 2 amide bonds. The van der Waals surface area contributed by atoms with Crippen molar-refractivity contribution >= 4 is 22.7 Å². The molecule has 1 aromatic heterocycles. The third kappa shape index (κ3) is 5.09. The number of nitrogens with one attached hydrogen (secondary N) is 3. The highest BCUT2D eigenvalue weighted by atomic mass is 16.2. The Morgan fingerprint density at radius 2 is 1.79 bits per heavy atom. The van der Waals surface area contributed by atoms with Gasteiger partial charge in [0.25, 0.3) is 5.56 Å². The van der Waals surface area contributed by atoms with Crippen molar-refractivity contribution in [2.75, 3.05) is 6.54 Å². The maximum absolute atomic E-state index is 12.1. The van der Waals surface area contributed by atoms with Crippen LogP contribution in [0.1, 0.15) is 44.9 Å². The van der Waals surface area contributed by atoms with Crippen LogP contribution in [0.25, 0.3) is 10.9 Å². The Balaban J connectivity index is 1.47. The summed E-state index contributed by atoms with van der Waals surface area (Å²) in [7, 11) is 0. The minimum absolute atomic E-state index is 0.0463. The monoisotopic (exact) mass is 386 g/mol. The zero-order valence-electron chi connectivity index (χ0n) is 15.8. The summed E-state index contributed by atoms with van der Waals surface area (Å²) in [5.74, 6) is -0.289. The fourth-order valence-electron chi connectivity index (χ4n) is 3.63. The Labute approximate surface area is 162 Å². The van der Waals surface area contributed by atoms with Gasteiger partial charge in [0, 0.05) is 32.0 Å². The number of benzene rings is 1. The van der Waals surface area contributed by atoms with E-state index in [9.17, 15) is 19.2 Å². The highest BCUT2D eigenvalue weighted by Crippen LogP contribution is 2.17. The molecule has 3 N–H and O–H groups in total. The van der Waals surface area contributed by atoms with E-state index in [1.54, 1.807) is 24.3 Å². The summed E-state index contributed by atoms with van der Waals surface area (Å²) >= 11 is 0. The minimum atomic E-state index is -0.539. The first-order valence-electron chi connectivity index (χ1n) is 9.82. The standard InChI is InChI=1S/C20H26N4O4/c25-17(21-12-10-18(26)22-14-6-2-1-3-7-14)11-13-24-16-9-5-4-8-15(16)19(27)23-20(24)28/h4-5,8-9,14H,1-3,6-7,10-13H2,(H,21,25)(H,22,26)(H,23,27,28). The molecular formula is C20H26N4O4. The Morgan fingerprint density at radius 1 is 1.04 bits per heavy atom. The molecule has 28 heavy (non-hydrogen) atoms. The number of nitrogens with zero attached hydrogens (tertiary/aromatic N) is 1. The van der Waals surface area contributed by atoms with E-state index in [0.29, 0.717) is 10.9 Å². The van der Waals surface area contributed by atoms with Gasteiger partial charge >= 0.3 is 5.69 Å². The van der Waals surface area contributed by atoms with Gasteiger partial charge in [-0.3, -0.25) is 23.9 Å². The molecule has 1 aliphatic rings. The molecule has 150 valence electrons. The maximum Gasteiger partial charge on any atom is 0.328 e. The summed E-state index contributed by atoms with van der Waals surface area (Å²) in [5.41, 5.74) is -0.482. The molecule has 1 aliphatic carbocycles. The third-order valence-electron chi connectivity index (χ3n) is 5.11. The number of hydrogen-bond acceptors (Lipinski definition) is 4. The van der Waals surface area contributed by atoms with Crippen LogP contribution in [0.4, 0.5) is 0 Å². The largest absolute Gasteiger partial charge is 0.356 e. The molecule has 8 nitrogen and oxygen atoms in total. The van der Waals surface area contributed by atoms with E-state index in [1.807, 2.05) is 0 Å². The van der Waals surface area contributed by atoms with E-state index in [-0.39, 0.29) is 43.8 Å². The predicted octanol–water partition coefficient (Wildman–Crippen LogP) is 1.04. The Bertz CT molecular complexity index is 957. The SMILES string of the molecule is O=C(CCn1c(=O)[nH]c(=O)c2ccccc21)NCCC(=O)NC1CCCCC1. The molecule has 0 aliphatic heterocycles. The van der Waals surface area contributed by atoms with Crippen LogP contribution in [0.15, 0.2) is 33.9 Å². The van der Waals surface area contributed by atoms with Gasteiger partial charge in [0.2, 0.25) is 11.8 Å². The second-order valence-corrected chi connectivity index (χ2v) is 7.18. The average Bonchev–Trinajstić information content (AvgIpc) is 2.68. The van der Waals surface area contributed by atoms with Gasteiger partial charge < -0.3 is 10.6 Å². The lowest BCUT2D eigenvalue weighted by Crippen LogP contribution is -2.38. The van der Waals surface area contributed by atoms with Crippen LogP contribution < -0.4 is 21.9 Å². The zero-order valence-corrected chi connectivity index (χ0v) is 15.8. The third-order valence-corrected chi connectivity index (χ3v) is 5.11. The van der Waals surface area contributed by atoms with Crippen molar-refractivity contribution in [2.45, 2.75) is 57.5 Å². The molecule has 2 aromatic rings. The van der Waals surface area contributed by atoms with Gasteiger partial charge in [-0.15, -0.1) is 0 Å². The van der Waals surface area contributed by atoms with Crippen molar-refractivity contribution in [3.8, 4) is 0 Å². The summed E-state index contributed by atoms with van der Waals surface area (Å²) in [4.78, 5) is 50.2. The van der Waals surface area contributed by atoms with E-state index in [0.717, 1.165) is 25.7 Å². The van der Waals surface area contributed by atoms with Gasteiger partial charge in [-0.05, 0) is 25.0 Å². The maximum atomic E-state index is 12.1. The lowest BCUT2D eigenvalue weighted by molar-refractivity contribution is -0.122.